The molecule has 2 aromatic rings. The van der Waals surface area contributed by atoms with E-state index in [1.807, 2.05) is 0 Å². The van der Waals surface area contributed by atoms with Crippen LogP contribution < -0.4 is 10.4 Å². The molecule has 0 fully saturated rings. The summed E-state index contributed by atoms with van der Waals surface area (Å²) in [5.41, 5.74) is 7.76. The summed E-state index contributed by atoms with van der Waals surface area (Å²) in [7, 11) is -2.84. The van der Waals surface area contributed by atoms with Gasteiger partial charge in [-0.3, -0.25) is 0 Å². The van der Waals surface area contributed by atoms with Crippen LogP contribution in [0.5, 0.6) is 0 Å². The Morgan fingerprint density at radius 1 is 0.515 bits per heavy atom. The molecule has 2 aliphatic rings. The molecular weight excluding hydrogens is 459 g/mol. The highest BCUT2D eigenvalue weighted by Gasteiger charge is 2.69. The highest BCUT2D eigenvalue weighted by molar-refractivity contribution is 7.09. The van der Waals surface area contributed by atoms with Crippen LogP contribution in [0.15, 0.2) is 104 Å². The SMILES string of the molecule is CC1=C(C)C(C)([Si](c2ccccc2)(c2ccccc2)C2(C)C(C)=C(C)C(C)=C2Cl)C(Cl)=C1C. The Labute approximate surface area is 210 Å². The number of rotatable bonds is 4. The molecule has 0 aliphatic heterocycles. The minimum Gasteiger partial charge on any atom is -0.0882 e. The van der Waals surface area contributed by atoms with Crippen molar-refractivity contribution in [1.29, 1.82) is 0 Å². The van der Waals surface area contributed by atoms with Gasteiger partial charge in [0.2, 0.25) is 0 Å². The van der Waals surface area contributed by atoms with Gasteiger partial charge in [-0.25, -0.2) is 0 Å². The number of halogens is 2. The van der Waals surface area contributed by atoms with Crippen LogP contribution in [-0.2, 0) is 0 Å². The molecule has 0 heterocycles. The van der Waals surface area contributed by atoms with E-state index in [1.54, 1.807) is 0 Å². The third kappa shape index (κ3) is 2.82. The molecule has 4 rings (SSSR count). The van der Waals surface area contributed by atoms with Crippen molar-refractivity contribution >= 4 is 41.6 Å². The van der Waals surface area contributed by atoms with Crippen molar-refractivity contribution in [2.45, 2.75) is 65.5 Å². The molecule has 2 aromatic carbocycles. The highest BCUT2D eigenvalue weighted by atomic mass is 35.5. The lowest BCUT2D eigenvalue weighted by Gasteiger charge is -2.57. The zero-order valence-corrected chi connectivity index (χ0v) is 23.5. The normalized spacial score (nSPS) is 26.2. The molecule has 3 heteroatoms. The molecule has 2 aliphatic carbocycles. The van der Waals surface area contributed by atoms with Crippen LogP contribution in [0.25, 0.3) is 0 Å². The van der Waals surface area contributed by atoms with E-state index in [0.717, 1.165) is 10.1 Å². The van der Waals surface area contributed by atoms with Crippen molar-refractivity contribution in [2.75, 3.05) is 0 Å². The maximum atomic E-state index is 7.45. The second kappa shape index (κ2) is 8.15. The molecular formula is C30H34Cl2Si. The monoisotopic (exact) mass is 492 g/mol. The van der Waals surface area contributed by atoms with Crippen LogP contribution >= 0.6 is 23.2 Å². The summed E-state index contributed by atoms with van der Waals surface area (Å²) >= 11 is 14.9. The molecule has 0 bridgehead atoms. The third-order valence-corrected chi connectivity index (χ3v) is 17.5. The molecule has 0 radical (unpaired) electrons. The van der Waals surface area contributed by atoms with Crippen molar-refractivity contribution in [3.8, 4) is 0 Å². The lowest BCUT2D eigenvalue weighted by molar-refractivity contribution is 0.750. The predicted octanol–water partition coefficient (Wildman–Crippen LogP) is 8.50. The molecule has 0 N–H and O–H groups in total. The largest absolute Gasteiger partial charge is 0.147 e. The summed E-state index contributed by atoms with van der Waals surface area (Å²) in [4.78, 5) is 0. The molecule has 0 saturated heterocycles. The van der Waals surface area contributed by atoms with Crippen molar-refractivity contribution in [1.82, 2.24) is 0 Å². The van der Waals surface area contributed by atoms with E-state index in [9.17, 15) is 0 Å². The molecule has 0 aromatic heterocycles. The molecule has 33 heavy (non-hydrogen) atoms. The van der Waals surface area contributed by atoms with E-state index in [1.165, 1.54) is 43.8 Å². The molecule has 0 amide bonds. The van der Waals surface area contributed by atoms with Gasteiger partial charge in [-0.15, -0.1) is 0 Å². The van der Waals surface area contributed by atoms with E-state index in [0.29, 0.717) is 0 Å². The van der Waals surface area contributed by atoms with E-state index in [4.69, 9.17) is 23.2 Å². The highest BCUT2D eigenvalue weighted by Crippen LogP contribution is 2.70. The van der Waals surface area contributed by atoms with Gasteiger partial charge in [-0.1, -0.05) is 119 Å². The molecule has 0 spiro atoms. The van der Waals surface area contributed by atoms with Crippen LogP contribution in [0, 0.1) is 0 Å². The fraction of sp³-hybridized carbons (Fsp3) is 0.333. The van der Waals surface area contributed by atoms with Gasteiger partial charge in [0, 0.05) is 20.1 Å². The average Bonchev–Trinajstić information content (AvgIpc) is 3.08. The summed E-state index contributed by atoms with van der Waals surface area (Å²) < 4.78 is 0. The number of allylic oxidation sites excluding steroid dienone is 8. The minimum atomic E-state index is -2.84. The van der Waals surface area contributed by atoms with E-state index >= 15 is 0 Å². The second-order valence-electron chi connectivity index (χ2n) is 10.1. The van der Waals surface area contributed by atoms with Gasteiger partial charge in [-0.2, -0.15) is 0 Å². The fourth-order valence-corrected chi connectivity index (χ4v) is 15.8. The van der Waals surface area contributed by atoms with Crippen LogP contribution in [0.4, 0.5) is 0 Å². The lowest BCUT2D eigenvalue weighted by Crippen LogP contribution is -2.72. The number of hydrogen-bond donors (Lipinski definition) is 0. The molecule has 2 unspecified atom stereocenters. The standard InChI is InChI=1S/C30H34Cl2Si/c1-19-21(3)27(31)29(7,23(19)5)33(25-15-11-9-12-16-25,26-17-13-10-14-18-26)30(8)24(6)20(2)22(4)28(30)32/h9-18H,1-8H3. The van der Waals surface area contributed by atoms with Crippen LogP contribution in [0.1, 0.15) is 55.4 Å². The first-order chi connectivity index (χ1) is 15.5. The summed E-state index contributed by atoms with van der Waals surface area (Å²) in [6.07, 6.45) is 0. The first-order valence-electron chi connectivity index (χ1n) is 11.7. The molecule has 0 nitrogen and oxygen atoms in total. The second-order valence-corrected chi connectivity index (χ2v) is 15.5. The molecule has 172 valence electrons. The summed E-state index contributed by atoms with van der Waals surface area (Å²) in [6.45, 7) is 18.2. The first-order valence-corrected chi connectivity index (χ1v) is 14.5. The number of hydrogen-bond acceptors (Lipinski definition) is 0. The van der Waals surface area contributed by atoms with Gasteiger partial charge in [0.15, 0.2) is 0 Å². The van der Waals surface area contributed by atoms with E-state index < -0.39 is 8.07 Å². The van der Waals surface area contributed by atoms with Gasteiger partial charge in [0.05, 0.1) is 0 Å². The predicted molar refractivity (Wildman–Crippen MR) is 148 cm³/mol. The zero-order chi connectivity index (χ0) is 24.3. The van der Waals surface area contributed by atoms with E-state index in [2.05, 4.69) is 116 Å². The maximum absolute atomic E-state index is 7.45. The molecule has 0 saturated carbocycles. The summed E-state index contributed by atoms with van der Waals surface area (Å²) in [5.74, 6) is 0. The first kappa shape index (κ1) is 24.3. The van der Waals surface area contributed by atoms with Gasteiger partial charge in [0.25, 0.3) is 0 Å². The van der Waals surface area contributed by atoms with Crippen LogP contribution in [-0.4, -0.2) is 8.07 Å². The smallest absolute Gasteiger partial charge is 0.0882 e. The van der Waals surface area contributed by atoms with Crippen molar-refractivity contribution in [3.63, 3.8) is 0 Å². The number of benzene rings is 2. The molecule has 2 atom stereocenters. The van der Waals surface area contributed by atoms with Gasteiger partial charge >= 0.3 is 0 Å². The Balaban J connectivity index is 2.32. The summed E-state index contributed by atoms with van der Waals surface area (Å²) in [6, 6.07) is 22.2. The van der Waals surface area contributed by atoms with Gasteiger partial charge in [0.1, 0.15) is 8.07 Å². The maximum Gasteiger partial charge on any atom is 0.147 e. The fourth-order valence-electron chi connectivity index (χ4n) is 6.81. The Bertz CT molecular complexity index is 1100. The minimum absolute atomic E-state index is 0.355. The Hall–Kier alpha value is -1.80. The van der Waals surface area contributed by atoms with Crippen molar-refractivity contribution < 1.29 is 0 Å². The Morgan fingerprint density at radius 2 is 0.818 bits per heavy atom. The zero-order valence-electron chi connectivity index (χ0n) is 21.0. The topological polar surface area (TPSA) is 0 Å². The average molecular weight is 494 g/mol. The third-order valence-electron chi connectivity index (χ3n) is 9.20. The van der Waals surface area contributed by atoms with Gasteiger partial charge < -0.3 is 0 Å². The Morgan fingerprint density at radius 3 is 1.06 bits per heavy atom. The Kier molecular flexibility index (Phi) is 6.01. The lowest BCUT2D eigenvalue weighted by atomic mass is 10.0. The van der Waals surface area contributed by atoms with Gasteiger partial charge in [-0.05, 0) is 63.8 Å². The quantitative estimate of drug-likeness (QED) is 0.375. The van der Waals surface area contributed by atoms with E-state index in [-0.39, 0.29) is 10.1 Å². The summed E-state index contributed by atoms with van der Waals surface area (Å²) in [5, 5.41) is 3.96. The van der Waals surface area contributed by atoms with Crippen molar-refractivity contribution in [2.24, 2.45) is 0 Å². The van der Waals surface area contributed by atoms with Crippen LogP contribution in [0.2, 0.25) is 10.1 Å². The van der Waals surface area contributed by atoms with Crippen molar-refractivity contribution in [3.05, 3.63) is 104 Å². The van der Waals surface area contributed by atoms with Crippen LogP contribution in [0.3, 0.4) is 0 Å².